The first-order valence-electron chi connectivity index (χ1n) is 9.18. The fraction of sp³-hybridized carbons (Fsp3) is 0.130. The highest BCUT2D eigenvalue weighted by Gasteiger charge is 2.09. The monoisotopic (exact) mass is 393 g/mol. The number of pyridine rings is 1. The molecular weight excluding hydrogens is 372 g/mol. The van der Waals surface area contributed by atoms with E-state index in [0.717, 1.165) is 22.9 Å². The topological polar surface area (TPSA) is 54.0 Å². The molecule has 3 rings (SSSR count). The van der Waals surface area contributed by atoms with Gasteiger partial charge >= 0.3 is 0 Å². The lowest BCUT2D eigenvalue weighted by molar-refractivity contribution is -0.117. The van der Waals surface area contributed by atoms with Crippen LogP contribution in [0.4, 0.5) is 14.5 Å². The smallest absolute Gasteiger partial charge is 0.244 e. The lowest BCUT2D eigenvalue weighted by Gasteiger charge is -2.15. The number of amides is 1. The maximum atomic E-state index is 13.7. The molecule has 1 atom stereocenters. The minimum absolute atomic E-state index is 0.0226. The molecule has 0 saturated carbocycles. The van der Waals surface area contributed by atoms with E-state index in [4.69, 9.17) is 0 Å². The van der Waals surface area contributed by atoms with Crippen LogP contribution in [0.2, 0.25) is 0 Å². The molecule has 2 N–H and O–H groups in total. The van der Waals surface area contributed by atoms with Crippen LogP contribution in [0.1, 0.15) is 29.7 Å². The van der Waals surface area contributed by atoms with Crippen molar-refractivity contribution in [2.75, 3.05) is 5.32 Å². The standard InChI is InChI=1S/C23H21F2N3O/c1-16(28-22(29)11-10-18-6-3-9-21(24)23(18)25)19-7-2-8-20(13-19)27-15-17-5-4-12-26-14-17/h2-14,16,27H,15H2,1H3,(H,28,29)/t16-/m0/s1. The molecule has 148 valence electrons. The average Bonchev–Trinajstić information content (AvgIpc) is 2.74. The normalized spacial score (nSPS) is 12.0. The number of hydrogen-bond donors (Lipinski definition) is 2. The van der Waals surface area contributed by atoms with Gasteiger partial charge < -0.3 is 10.6 Å². The molecule has 6 heteroatoms. The van der Waals surface area contributed by atoms with Crippen LogP contribution >= 0.6 is 0 Å². The predicted molar refractivity (Wildman–Crippen MR) is 110 cm³/mol. The summed E-state index contributed by atoms with van der Waals surface area (Å²) < 4.78 is 26.9. The molecule has 0 fully saturated rings. The van der Waals surface area contributed by atoms with Crippen molar-refractivity contribution in [3.8, 4) is 0 Å². The summed E-state index contributed by atoms with van der Waals surface area (Å²) in [7, 11) is 0. The molecule has 0 aliphatic carbocycles. The van der Waals surface area contributed by atoms with Crippen LogP contribution in [0.5, 0.6) is 0 Å². The van der Waals surface area contributed by atoms with Gasteiger partial charge in [-0.2, -0.15) is 0 Å². The number of aromatic nitrogens is 1. The van der Waals surface area contributed by atoms with Crippen molar-refractivity contribution in [1.82, 2.24) is 10.3 Å². The summed E-state index contributed by atoms with van der Waals surface area (Å²) in [6, 6.07) is 15.2. The lowest BCUT2D eigenvalue weighted by Crippen LogP contribution is -2.24. The van der Waals surface area contributed by atoms with Crippen LogP contribution < -0.4 is 10.6 Å². The minimum Gasteiger partial charge on any atom is -0.381 e. The van der Waals surface area contributed by atoms with Crippen LogP contribution in [-0.4, -0.2) is 10.9 Å². The first kappa shape index (κ1) is 20.2. The van der Waals surface area contributed by atoms with Crippen LogP contribution in [0.3, 0.4) is 0 Å². The molecule has 4 nitrogen and oxygen atoms in total. The van der Waals surface area contributed by atoms with Crippen molar-refractivity contribution in [3.63, 3.8) is 0 Å². The maximum Gasteiger partial charge on any atom is 0.244 e. The number of anilines is 1. The van der Waals surface area contributed by atoms with E-state index in [1.165, 1.54) is 24.3 Å². The van der Waals surface area contributed by atoms with Crippen LogP contribution in [0, 0.1) is 11.6 Å². The Kier molecular flexibility index (Phi) is 6.68. The number of nitrogens with zero attached hydrogens (tertiary/aromatic N) is 1. The van der Waals surface area contributed by atoms with Gasteiger partial charge in [-0.15, -0.1) is 0 Å². The fourth-order valence-electron chi connectivity index (χ4n) is 2.78. The molecule has 0 aliphatic rings. The number of halogens is 2. The number of hydrogen-bond acceptors (Lipinski definition) is 3. The van der Waals surface area contributed by atoms with E-state index in [0.29, 0.717) is 6.54 Å². The van der Waals surface area contributed by atoms with Gasteiger partial charge in [0.2, 0.25) is 5.91 Å². The molecule has 0 radical (unpaired) electrons. The van der Waals surface area contributed by atoms with Crippen LogP contribution in [-0.2, 0) is 11.3 Å². The zero-order chi connectivity index (χ0) is 20.6. The Bertz CT molecular complexity index is 1010. The third kappa shape index (κ3) is 5.72. The molecule has 0 aliphatic heterocycles. The number of nitrogens with one attached hydrogen (secondary N) is 2. The number of carbonyl (C=O) groups excluding carboxylic acids is 1. The van der Waals surface area contributed by atoms with E-state index in [1.807, 2.05) is 43.3 Å². The molecule has 0 spiro atoms. The Labute approximate surface area is 168 Å². The van der Waals surface area contributed by atoms with Crippen molar-refractivity contribution >= 4 is 17.7 Å². The first-order valence-corrected chi connectivity index (χ1v) is 9.18. The van der Waals surface area contributed by atoms with Crippen LogP contribution in [0.15, 0.2) is 73.1 Å². The molecule has 0 saturated heterocycles. The van der Waals surface area contributed by atoms with Crippen molar-refractivity contribution in [2.24, 2.45) is 0 Å². The Morgan fingerprint density at radius 3 is 2.76 bits per heavy atom. The summed E-state index contributed by atoms with van der Waals surface area (Å²) in [4.78, 5) is 16.2. The Morgan fingerprint density at radius 1 is 1.14 bits per heavy atom. The largest absolute Gasteiger partial charge is 0.381 e. The van der Waals surface area contributed by atoms with Gasteiger partial charge in [-0.25, -0.2) is 8.78 Å². The van der Waals surface area contributed by atoms with E-state index in [2.05, 4.69) is 15.6 Å². The van der Waals surface area contributed by atoms with E-state index in [9.17, 15) is 13.6 Å². The van der Waals surface area contributed by atoms with Gasteiger partial charge in [0.25, 0.3) is 0 Å². The van der Waals surface area contributed by atoms with Crippen molar-refractivity contribution in [1.29, 1.82) is 0 Å². The van der Waals surface area contributed by atoms with Gasteiger partial charge in [-0.3, -0.25) is 9.78 Å². The van der Waals surface area contributed by atoms with E-state index >= 15 is 0 Å². The van der Waals surface area contributed by atoms with Crippen molar-refractivity contribution in [3.05, 3.63) is 101 Å². The van der Waals surface area contributed by atoms with E-state index in [-0.39, 0.29) is 11.6 Å². The van der Waals surface area contributed by atoms with Gasteiger partial charge in [-0.05, 0) is 48.4 Å². The second-order valence-corrected chi connectivity index (χ2v) is 6.55. The van der Waals surface area contributed by atoms with Crippen molar-refractivity contribution in [2.45, 2.75) is 19.5 Å². The van der Waals surface area contributed by atoms with Gasteiger partial charge in [0.1, 0.15) is 0 Å². The SMILES string of the molecule is C[C@H](NC(=O)C=Cc1cccc(F)c1F)c1cccc(NCc2cccnc2)c1. The molecule has 1 heterocycles. The summed E-state index contributed by atoms with van der Waals surface area (Å²) in [5.41, 5.74) is 2.92. The molecule has 3 aromatic rings. The van der Waals surface area contributed by atoms with Gasteiger partial charge in [-0.1, -0.05) is 30.3 Å². The highest BCUT2D eigenvalue weighted by molar-refractivity contribution is 5.92. The molecule has 0 bridgehead atoms. The molecule has 2 aromatic carbocycles. The zero-order valence-corrected chi connectivity index (χ0v) is 15.9. The first-order chi connectivity index (χ1) is 14.0. The quantitative estimate of drug-likeness (QED) is 0.564. The third-order valence-electron chi connectivity index (χ3n) is 4.36. The fourth-order valence-corrected chi connectivity index (χ4v) is 2.78. The lowest BCUT2D eigenvalue weighted by atomic mass is 10.1. The molecule has 0 unspecified atom stereocenters. The minimum atomic E-state index is -0.975. The summed E-state index contributed by atoms with van der Waals surface area (Å²) in [5.74, 6) is -2.32. The molecule has 29 heavy (non-hydrogen) atoms. The molecular formula is C23H21F2N3O. The van der Waals surface area contributed by atoms with E-state index in [1.54, 1.807) is 12.4 Å². The second kappa shape index (κ2) is 9.59. The summed E-state index contributed by atoms with van der Waals surface area (Å²) in [6.45, 7) is 2.49. The maximum absolute atomic E-state index is 13.7. The number of carbonyl (C=O) groups is 1. The second-order valence-electron chi connectivity index (χ2n) is 6.55. The van der Waals surface area contributed by atoms with Crippen LogP contribution in [0.25, 0.3) is 6.08 Å². The van der Waals surface area contributed by atoms with Gasteiger partial charge in [0, 0.05) is 36.3 Å². The summed E-state index contributed by atoms with van der Waals surface area (Å²) >= 11 is 0. The summed E-state index contributed by atoms with van der Waals surface area (Å²) in [6.07, 6.45) is 5.98. The molecule has 1 amide bonds. The van der Waals surface area contributed by atoms with Gasteiger partial charge in [0.05, 0.1) is 6.04 Å². The Hall–Kier alpha value is -3.54. The van der Waals surface area contributed by atoms with Crippen molar-refractivity contribution < 1.29 is 13.6 Å². The highest BCUT2D eigenvalue weighted by atomic mass is 19.2. The third-order valence-corrected chi connectivity index (χ3v) is 4.36. The highest BCUT2D eigenvalue weighted by Crippen LogP contribution is 2.18. The number of rotatable bonds is 7. The van der Waals surface area contributed by atoms with Gasteiger partial charge in [0.15, 0.2) is 11.6 Å². The number of benzene rings is 2. The molecule has 1 aromatic heterocycles. The Balaban J connectivity index is 1.59. The van der Waals surface area contributed by atoms with E-state index < -0.39 is 17.5 Å². The predicted octanol–water partition coefficient (Wildman–Crippen LogP) is 4.86. The Morgan fingerprint density at radius 2 is 1.97 bits per heavy atom. The zero-order valence-electron chi connectivity index (χ0n) is 15.9. The average molecular weight is 393 g/mol. The summed E-state index contributed by atoms with van der Waals surface area (Å²) in [5, 5.41) is 6.15.